The van der Waals surface area contributed by atoms with Crippen molar-refractivity contribution in [2.75, 3.05) is 6.54 Å². The van der Waals surface area contributed by atoms with Crippen LogP contribution in [0, 0.1) is 23.7 Å². The summed E-state index contributed by atoms with van der Waals surface area (Å²) in [5, 5.41) is 6.85. The standard InChI is InChI=1S/C37H64N2O3/c40-33(29-21-13-8-4-1-2-5-9-14-22-29)26-17-12-18-27-34(41)38-28-20-19-25-32-37(42)35-30-23-15-10-6-3-7-11-16-24-31(30)36(35)39-32/h29-32,35-36,39H,1-28H2,(H,38,41). The van der Waals surface area contributed by atoms with Gasteiger partial charge in [0.05, 0.1) is 6.04 Å². The van der Waals surface area contributed by atoms with Crippen LogP contribution in [0.2, 0.25) is 0 Å². The van der Waals surface area contributed by atoms with E-state index in [1.807, 2.05) is 0 Å². The molecule has 0 aromatic heterocycles. The van der Waals surface area contributed by atoms with Crippen molar-refractivity contribution in [3.63, 3.8) is 0 Å². The summed E-state index contributed by atoms with van der Waals surface area (Å²) in [6.45, 7) is 0.706. The average Bonchev–Trinajstić information content (AvgIpc) is 3.20. The molecule has 4 fully saturated rings. The largest absolute Gasteiger partial charge is 0.356 e. The predicted octanol–water partition coefficient (Wildman–Crippen LogP) is 8.62. The van der Waals surface area contributed by atoms with Crippen LogP contribution in [0.3, 0.4) is 0 Å². The lowest BCUT2D eigenvalue weighted by atomic mass is 9.57. The first kappa shape index (κ1) is 33.7. The predicted molar refractivity (Wildman–Crippen MR) is 172 cm³/mol. The molecule has 5 nitrogen and oxygen atoms in total. The van der Waals surface area contributed by atoms with Gasteiger partial charge < -0.3 is 10.6 Å². The molecule has 0 aromatic rings. The lowest BCUT2D eigenvalue weighted by Gasteiger charge is -2.48. The highest BCUT2D eigenvalue weighted by atomic mass is 16.1. The van der Waals surface area contributed by atoms with Crippen LogP contribution >= 0.6 is 0 Å². The molecular weight excluding hydrogens is 520 g/mol. The fourth-order valence-corrected chi connectivity index (χ4v) is 8.80. The first-order chi connectivity index (χ1) is 20.6. The van der Waals surface area contributed by atoms with E-state index in [0.717, 1.165) is 57.3 Å². The summed E-state index contributed by atoms with van der Waals surface area (Å²) in [5.74, 6) is 3.04. The van der Waals surface area contributed by atoms with Gasteiger partial charge in [-0.2, -0.15) is 0 Å². The van der Waals surface area contributed by atoms with Gasteiger partial charge in [0, 0.05) is 37.3 Å². The third-order valence-corrected chi connectivity index (χ3v) is 11.4. The summed E-state index contributed by atoms with van der Waals surface area (Å²) >= 11 is 0. The quantitative estimate of drug-likeness (QED) is 0.225. The van der Waals surface area contributed by atoms with E-state index in [2.05, 4.69) is 10.6 Å². The van der Waals surface area contributed by atoms with Crippen molar-refractivity contribution in [1.29, 1.82) is 0 Å². The van der Waals surface area contributed by atoms with Crippen LogP contribution in [-0.2, 0) is 14.4 Å². The van der Waals surface area contributed by atoms with Gasteiger partial charge in [0.1, 0.15) is 5.78 Å². The molecule has 3 saturated carbocycles. The van der Waals surface area contributed by atoms with E-state index in [1.54, 1.807) is 0 Å². The number of amides is 1. The third-order valence-electron chi connectivity index (χ3n) is 11.4. The minimum atomic E-state index is 0.0414. The van der Waals surface area contributed by atoms with Gasteiger partial charge in [0.25, 0.3) is 0 Å². The molecule has 240 valence electrons. The van der Waals surface area contributed by atoms with E-state index in [4.69, 9.17) is 0 Å². The van der Waals surface area contributed by atoms with E-state index < -0.39 is 0 Å². The number of fused-ring (bicyclic) bond motifs is 4. The van der Waals surface area contributed by atoms with E-state index in [1.165, 1.54) is 109 Å². The Bertz CT molecular complexity index is 801. The van der Waals surface area contributed by atoms with Gasteiger partial charge in [-0.1, -0.05) is 103 Å². The van der Waals surface area contributed by atoms with Gasteiger partial charge in [-0.25, -0.2) is 0 Å². The smallest absolute Gasteiger partial charge is 0.219 e. The zero-order chi connectivity index (χ0) is 29.4. The molecule has 0 aromatic carbocycles. The van der Waals surface area contributed by atoms with Crippen LogP contribution in [0.4, 0.5) is 0 Å². The second-order valence-electron chi connectivity index (χ2n) is 14.5. The Morgan fingerprint density at radius 3 is 1.81 bits per heavy atom. The third kappa shape index (κ3) is 10.7. The molecule has 0 radical (unpaired) electrons. The second-order valence-corrected chi connectivity index (χ2v) is 14.5. The number of nitrogens with one attached hydrogen (secondary N) is 2. The molecule has 5 unspecified atom stereocenters. The monoisotopic (exact) mass is 584 g/mol. The van der Waals surface area contributed by atoms with Crippen molar-refractivity contribution in [3.8, 4) is 0 Å². The second kappa shape index (κ2) is 19.2. The Hall–Kier alpha value is -1.23. The number of hydrogen-bond acceptors (Lipinski definition) is 4. The van der Waals surface area contributed by atoms with Crippen LogP contribution in [0.5, 0.6) is 0 Å². The molecule has 5 heteroatoms. The summed E-state index contributed by atoms with van der Waals surface area (Å²) in [6, 6.07) is 0.485. The maximum absolute atomic E-state index is 13.2. The number of carbonyl (C=O) groups excluding carboxylic acids is 3. The Morgan fingerprint density at radius 1 is 0.619 bits per heavy atom. The van der Waals surface area contributed by atoms with Gasteiger partial charge in [-0.05, 0) is 69.6 Å². The summed E-state index contributed by atoms with van der Waals surface area (Å²) in [5.41, 5.74) is 0. The fraction of sp³-hybridized carbons (Fsp3) is 0.919. The molecule has 4 aliphatic rings. The van der Waals surface area contributed by atoms with Crippen LogP contribution < -0.4 is 10.6 Å². The highest BCUT2D eigenvalue weighted by Crippen LogP contribution is 2.51. The van der Waals surface area contributed by atoms with E-state index >= 15 is 0 Å². The molecule has 1 amide bonds. The van der Waals surface area contributed by atoms with Crippen LogP contribution in [0.1, 0.15) is 173 Å². The van der Waals surface area contributed by atoms with Gasteiger partial charge in [-0.15, -0.1) is 0 Å². The zero-order valence-electron chi connectivity index (χ0n) is 27.0. The summed E-state index contributed by atoms with van der Waals surface area (Å²) in [7, 11) is 0. The minimum absolute atomic E-state index is 0.0414. The van der Waals surface area contributed by atoms with Crippen molar-refractivity contribution in [1.82, 2.24) is 10.6 Å². The topological polar surface area (TPSA) is 75.3 Å². The first-order valence-electron chi connectivity index (χ1n) is 18.7. The zero-order valence-corrected chi connectivity index (χ0v) is 27.0. The van der Waals surface area contributed by atoms with Gasteiger partial charge in [-0.3, -0.25) is 14.4 Å². The van der Waals surface area contributed by atoms with E-state index in [-0.39, 0.29) is 23.8 Å². The fourth-order valence-electron chi connectivity index (χ4n) is 8.80. The molecule has 4 rings (SSSR count). The van der Waals surface area contributed by atoms with E-state index in [9.17, 15) is 14.4 Å². The van der Waals surface area contributed by atoms with Crippen molar-refractivity contribution in [2.45, 2.75) is 185 Å². The molecule has 5 atom stereocenters. The first-order valence-corrected chi connectivity index (χ1v) is 18.7. The number of Topliss-reactive ketones (excluding diaryl/α,β-unsaturated/α-hetero) is 2. The number of carbonyl (C=O) groups is 3. The van der Waals surface area contributed by atoms with Crippen molar-refractivity contribution in [3.05, 3.63) is 0 Å². The summed E-state index contributed by atoms with van der Waals surface area (Å²) in [4.78, 5) is 38.4. The highest BCUT2D eigenvalue weighted by Gasteiger charge is 2.58. The van der Waals surface area contributed by atoms with Crippen molar-refractivity contribution in [2.24, 2.45) is 23.7 Å². The molecular formula is C37H64N2O3. The van der Waals surface area contributed by atoms with Crippen LogP contribution in [0.15, 0.2) is 0 Å². The molecule has 0 spiro atoms. The van der Waals surface area contributed by atoms with Crippen LogP contribution in [-0.4, -0.2) is 36.1 Å². The normalized spacial score (nSPS) is 30.2. The lowest BCUT2D eigenvalue weighted by molar-refractivity contribution is -0.129. The van der Waals surface area contributed by atoms with Crippen LogP contribution in [0.25, 0.3) is 0 Å². The Morgan fingerprint density at radius 2 is 1.17 bits per heavy atom. The molecule has 3 aliphatic carbocycles. The number of rotatable bonds is 12. The highest BCUT2D eigenvalue weighted by molar-refractivity contribution is 5.90. The average molecular weight is 585 g/mol. The maximum Gasteiger partial charge on any atom is 0.219 e. The minimum Gasteiger partial charge on any atom is -0.356 e. The lowest BCUT2D eigenvalue weighted by Crippen LogP contribution is -2.54. The van der Waals surface area contributed by atoms with Gasteiger partial charge in [0.15, 0.2) is 5.78 Å². The molecule has 1 heterocycles. The molecule has 2 N–H and O–H groups in total. The number of unbranched alkanes of at least 4 members (excludes halogenated alkanes) is 3. The summed E-state index contributed by atoms with van der Waals surface area (Å²) in [6.07, 6.45) is 31.5. The van der Waals surface area contributed by atoms with Gasteiger partial charge in [0.2, 0.25) is 5.91 Å². The molecule has 1 saturated heterocycles. The number of hydrogen-bond donors (Lipinski definition) is 2. The molecule has 0 bridgehead atoms. The molecule has 42 heavy (non-hydrogen) atoms. The Kier molecular flexibility index (Phi) is 15.4. The van der Waals surface area contributed by atoms with E-state index in [0.29, 0.717) is 42.9 Å². The Balaban J connectivity index is 1.02. The number of ketones is 2. The molecule has 1 aliphatic heterocycles. The Labute approximate surface area is 257 Å². The summed E-state index contributed by atoms with van der Waals surface area (Å²) < 4.78 is 0. The SMILES string of the molecule is O=C(CCCCCC(=O)C1CCCCCCCCCC1)NCCCCC1NC2C3CCCCCCCCCC3C2C1=O. The van der Waals surface area contributed by atoms with Crippen molar-refractivity contribution >= 4 is 17.5 Å². The van der Waals surface area contributed by atoms with Gasteiger partial charge >= 0.3 is 0 Å². The maximum atomic E-state index is 13.2. The van der Waals surface area contributed by atoms with Crippen molar-refractivity contribution < 1.29 is 14.4 Å².